The number of esters is 1. The quantitative estimate of drug-likeness (QED) is 0.709. The van der Waals surface area contributed by atoms with Gasteiger partial charge in [0.05, 0.1) is 25.4 Å². The van der Waals surface area contributed by atoms with E-state index in [9.17, 15) is 14.7 Å². The molecule has 6 nitrogen and oxygen atoms in total. The van der Waals surface area contributed by atoms with Gasteiger partial charge in [-0.05, 0) is 31.5 Å². The van der Waals surface area contributed by atoms with E-state index in [1.807, 2.05) is 37.3 Å². The number of aliphatic hydroxyl groups excluding tert-OH is 1. The van der Waals surface area contributed by atoms with Gasteiger partial charge in [0.1, 0.15) is 5.75 Å². The Bertz CT molecular complexity index is 745. The summed E-state index contributed by atoms with van der Waals surface area (Å²) in [6.45, 7) is 3.60. The van der Waals surface area contributed by atoms with Gasteiger partial charge in [-0.25, -0.2) is 4.79 Å². The Morgan fingerprint density at radius 2 is 1.77 bits per heavy atom. The van der Waals surface area contributed by atoms with Crippen molar-refractivity contribution in [3.63, 3.8) is 0 Å². The molecule has 0 fully saturated rings. The monoisotopic (exact) mass is 357 g/mol. The summed E-state index contributed by atoms with van der Waals surface area (Å²) in [6, 6.07) is 13.4. The molecular formula is C20H23NO5. The summed E-state index contributed by atoms with van der Waals surface area (Å²) >= 11 is 0. The fourth-order valence-electron chi connectivity index (χ4n) is 2.56. The summed E-state index contributed by atoms with van der Waals surface area (Å²) in [5.74, 6) is -0.592. The molecule has 26 heavy (non-hydrogen) atoms. The number of carbonyl (C=O) groups is 2. The number of benzene rings is 2. The number of hydrogen-bond donors (Lipinski definition) is 2. The molecule has 0 unspecified atom stereocenters. The highest BCUT2D eigenvalue weighted by Gasteiger charge is 2.24. The average molecular weight is 357 g/mol. The third-order valence-corrected chi connectivity index (χ3v) is 3.69. The summed E-state index contributed by atoms with van der Waals surface area (Å²) in [4.78, 5) is 24.6. The molecule has 0 aliphatic rings. The molecule has 1 amide bonds. The van der Waals surface area contributed by atoms with Crippen molar-refractivity contribution in [1.82, 2.24) is 5.32 Å². The third-order valence-electron chi connectivity index (χ3n) is 3.69. The molecule has 2 N–H and O–H groups in total. The predicted molar refractivity (Wildman–Crippen MR) is 98.0 cm³/mol. The summed E-state index contributed by atoms with van der Waals surface area (Å²) in [6.07, 6.45) is 0. The van der Waals surface area contributed by atoms with E-state index in [1.165, 1.54) is 0 Å². The highest BCUT2D eigenvalue weighted by atomic mass is 16.5. The van der Waals surface area contributed by atoms with Crippen molar-refractivity contribution in [2.24, 2.45) is 0 Å². The van der Waals surface area contributed by atoms with Gasteiger partial charge in [-0.1, -0.05) is 36.4 Å². The molecule has 2 aromatic carbocycles. The minimum atomic E-state index is -1.12. The number of carbonyl (C=O) groups excluding carboxylic acids is 2. The van der Waals surface area contributed by atoms with Crippen LogP contribution in [0.15, 0.2) is 48.5 Å². The molecule has 0 aliphatic heterocycles. The van der Waals surface area contributed by atoms with Crippen molar-refractivity contribution in [2.45, 2.75) is 19.9 Å². The van der Waals surface area contributed by atoms with Crippen molar-refractivity contribution in [2.75, 3.05) is 19.8 Å². The topological polar surface area (TPSA) is 84.9 Å². The molecule has 1 atom stereocenters. The molecule has 6 heteroatoms. The Hall–Kier alpha value is -2.86. The maximum absolute atomic E-state index is 12.8. The Morgan fingerprint density at radius 1 is 1.04 bits per heavy atom. The van der Waals surface area contributed by atoms with E-state index >= 15 is 0 Å². The molecule has 2 aromatic rings. The van der Waals surface area contributed by atoms with Crippen LogP contribution in [0.25, 0.3) is 11.1 Å². The van der Waals surface area contributed by atoms with Crippen LogP contribution < -0.4 is 10.1 Å². The zero-order chi connectivity index (χ0) is 18.9. The fourth-order valence-corrected chi connectivity index (χ4v) is 2.56. The minimum absolute atomic E-state index is 0.167. The highest BCUT2D eigenvalue weighted by Crippen LogP contribution is 2.33. The second-order valence-electron chi connectivity index (χ2n) is 5.44. The van der Waals surface area contributed by atoms with E-state index < -0.39 is 24.5 Å². The highest BCUT2D eigenvalue weighted by molar-refractivity contribution is 6.03. The Morgan fingerprint density at radius 3 is 2.38 bits per heavy atom. The second-order valence-corrected chi connectivity index (χ2v) is 5.44. The van der Waals surface area contributed by atoms with Crippen molar-refractivity contribution < 1.29 is 24.2 Å². The van der Waals surface area contributed by atoms with E-state index in [0.717, 1.165) is 5.56 Å². The number of rotatable bonds is 8. The van der Waals surface area contributed by atoms with Crippen molar-refractivity contribution in [3.05, 3.63) is 54.1 Å². The number of nitrogens with one attached hydrogen (secondary N) is 1. The van der Waals surface area contributed by atoms with Crippen LogP contribution in [-0.2, 0) is 9.53 Å². The minimum Gasteiger partial charge on any atom is -0.493 e. The van der Waals surface area contributed by atoms with Gasteiger partial charge >= 0.3 is 5.97 Å². The average Bonchev–Trinajstić information content (AvgIpc) is 2.66. The molecule has 0 spiro atoms. The molecule has 0 bridgehead atoms. The maximum atomic E-state index is 12.8. The first-order valence-electron chi connectivity index (χ1n) is 8.51. The molecule has 0 saturated carbocycles. The van der Waals surface area contributed by atoms with Crippen LogP contribution >= 0.6 is 0 Å². The lowest BCUT2D eigenvalue weighted by Crippen LogP contribution is -2.44. The lowest BCUT2D eigenvalue weighted by atomic mass is 9.97. The molecule has 0 radical (unpaired) electrons. The van der Waals surface area contributed by atoms with Gasteiger partial charge in [0.2, 0.25) is 0 Å². The van der Waals surface area contributed by atoms with E-state index in [2.05, 4.69) is 5.32 Å². The van der Waals surface area contributed by atoms with Gasteiger partial charge in [0.25, 0.3) is 5.91 Å². The zero-order valence-electron chi connectivity index (χ0n) is 14.9. The molecule has 0 aliphatic carbocycles. The molecular weight excluding hydrogens is 334 g/mol. The van der Waals surface area contributed by atoms with Crippen LogP contribution in [0.1, 0.15) is 24.2 Å². The molecule has 0 heterocycles. The summed E-state index contributed by atoms with van der Waals surface area (Å²) in [7, 11) is 0. The summed E-state index contributed by atoms with van der Waals surface area (Å²) < 4.78 is 10.5. The number of amides is 1. The van der Waals surface area contributed by atoms with Crippen molar-refractivity contribution >= 4 is 11.9 Å². The molecule has 2 rings (SSSR count). The second kappa shape index (κ2) is 9.58. The van der Waals surface area contributed by atoms with Crippen LogP contribution in [0.3, 0.4) is 0 Å². The normalized spacial score (nSPS) is 11.5. The standard InChI is InChI=1S/C20H23NO5/c1-3-25-17-12-8-11-15(18(17)14-9-6-5-7-10-14)19(23)21-16(13-22)20(24)26-4-2/h5-12,16,22H,3-4,13H2,1-2H3,(H,21,23)/t16-/m0/s1. The van der Waals surface area contributed by atoms with Gasteiger partial charge in [-0.2, -0.15) is 0 Å². The Kier molecular flexibility index (Phi) is 7.17. The lowest BCUT2D eigenvalue weighted by molar-refractivity contribution is -0.146. The van der Waals surface area contributed by atoms with Gasteiger partial charge < -0.3 is 19.9 Å². The van der Waals surface area contributed by atoms with E-state index in [4.69, 9.17) is 9.47 Å². The predicted octanol–water partition coefficient (Wildman–Crippen LogP) is 2.41. The largest absolute Gasteiger partial charge is 0.493 e. The first kappa shape index (κ1) is 19.5. The third kappa shape index (κ3) is 4.61. The van der Waals surface area contributed by atoms with E-state index in [-0.39, 0.29) is 6.61 Å². The number of aliphatic hydroxyl groups is 1. The SMILES string of the molecule is CCOC(=O)[C@H](CO)NC(=O)c1cccc(OCC)c1-c1ccccc1. The number of ether oxygens (including phenoxy) is 2. The Balaban J connectivity index is 2.40. The van der Waals surface area contributed by atoms with Gasteiger partial charge in [0.15, 0.2) is 6.04 Å². The van der Waals surface area contributed by atoms with Crippen LogP contribution in [0.5, 0.6) is 5.75 Å². The molecule has 138 valence electrons. The lowest BCUT2D eigenvalue weighted by Gasteiger charge is -2.18. The van der Waals surface area contributed by atoms with Crippen LogP contribution in [0.2, 0.25) is 0 Å². The summed E-state index contributed by atoms with van der Waals surface area (Å²) in [5.41, 5.74) is 1.80. The fraction of sp³-hybridized carbons (Fsp3) is 0.300. The van der Waals surface area contributed by atoms with Gasteiger partial charge in [-0.3, -0.25) is 4.79 Å². The zero-order valence-corrected chi connectivity index (χ0v) is 14.9. The summed E-state index contributed by atoms with van der Waals surface area (Å²) in [5, 5.41) is 11.9. The Labute approximate surface area is 152 Å². The van der Waals surface area contributed by atoms with Gasteiger partial charge in [-0.15, -0.1) is 0 Å². The number of hydrogen-bond acceptors (Lipinski definition) is 5. The van der Waals surface area contributed by atoms with Crippen LogP contribution in [0.4, 0.5) is 0 Å². The molecule has 0 saturated heterocycles. The first-order chi connectivity index (χ1) is 12.6. The van der Waals surface area contributed by atoms with Crippen LogP contribution in [-0.4, -0.2) is 42.8 Å². The van der Waals surface area contributed by atoms with Crippen LogP contribution in [0, 0.1) is 0 Å². The van der Waals surface area contributed by atoms with E-state index in [0.29, 0.717) is 23.5 Å². The van der Waals surface area contributed by atoms with Gasteiger partial charge in [0, 0.05) is 5.56 Å². The van der Waals surface area contributed by atoms with Crippen molar-refractivity contribution in [3.8, 4) is 16.9 Å². The van der Waals surface area contributed by atoms with Crippen molar-refractivity contribution in [1.29, 1.82) is 0 Å². The van der Waals surface area contributed by atoms with E-state index in [1.54, 1.807) is 25.1 Å². The smallest absolute Gasteiger partial charge is 0.331 e. The molecule has 0 aromatic heterocycles. The maximum Gasteiger partial charge on any atom is 0.331 e. The first-order valence-corrected chi connectivity index (χ1v) is 8.51.